The smallest absolute Gasteiger partial charge is 0.412 e. The molecule has 0 atom stereocenters. The lowest BCUT2D eigenvalue weighted by molar-refractivity contribution is 0.0624. The van der Waals surface area contributed by atoms with Crippen molar-refractivity contribution in [1.29, 1.82) is 15.8 Å². The van der Waals surface area contributed by atoms with Crippen LogP contribution in [-0.2, 0) is 14.2 Å². The van der Waals surface area contributed by atoms with E-state index in [1.165, 1.54) is 74.4 Å². The number of aromatic nitrogens is 3. The first-order valence-corrected chi connectivity index (χ1v) is 36.3. The number of benzene rings is 6. The Morgan fingerprint density at radius 3 is 1.20 bits per heavy atom. The van der Waals surface area contributed by atoms with Crippen LogP contribution in [0.4, 0.5) is 31.4 Å². The molecule has 5 saturated carbocycles. The third kappa shape index (κ3) is 18.8. The van der Waals surface area contributed by atoms with Gasteiger partial charge >= 0.3 is 18.3 Å². The number of halogens is 3. The van der Waals surface area contributed by atoms with Gasteiger partial charge in [-0.25, -0.2) is 14.4 Å². The number of ether oxygens (including phenoxy) is 3. The number of nitrogens with one attached hydrogen (secondary N) is 3. The van der Waals surface area contributed by atoms with E-state index in [1.807, 2.05) is 166 Å². The average Bonchev–Trinajstić information content (AvgIpc) is 1.60. The summed E-state index contributed by atoms with van der Waals surface area (Å²) in [5, 5.41) is 40.5. The molecule has 3 aromatic heterocycles. The van der Waals surface area contributed by atoms with E-state index in [1.54, 1.807) is 0 Å². The molecule has 14 rings (SSSR count). The van der Waals surface area contributed by atoms with Crippen LogP contribution in [0.3, 0.4) is 0 Å². The van der Waals surface area contributed by atoms with Gasteiger partial charge in [0.15, 0.2) is 0 Å². The summed E-state index contributed by atoms with van der Waals surface area (Å²) in [5.41, 5.74) is 11.4. The summed E-state index contributed by atoms with van der Waals surface area (Å²) >= 11 is 9.27. The molecule has 15 nitrogen and oxygen atoms in total. The van der Waals surface area contributed by atoms with Crippen molar-refractivity contribution in [3.05, 3.63) is 168 Å². The number of rotatable bonds is 9. The van der Waals surface area contributed by atoms with Gasteiger partial charge in [-0.1, -0.05) is 100 Å². The second-order valence-corrected chi connectivity index (χ2v) is 31.9. The van der Waals surface area contributed by atoms with Crippen molar-refractivity contribution in [2.24, 2.45) is 5.92 Å². The number of anilines is 3. The topological polar surface area (TPSA) is 201 Å². The van der Waals surface area contributed by atoms with Crippen LogP contribution >= 0.6 is 54.5 Å². The predicted octanol–water partition coefficient (Wildman–Crippen LogP) is 23.2. The Balaban J connectivity index is 0.000000144. The summed E-state index contributed by atoms with van der Waals surface area (Å²) in [6.45, 7) is 18.8. The Kier molecular flexibility index (Phi) is 22.7. The van der Waals surface area contributed by atoms with Gasteiger partial charge in [0.25, 0.3) is 0 Å². The van der Waals surface area contributed by atoms with Crippen LogP contribution < -0.4 is 16.0 Å². The molecule has 0 bridgehead atoms. The van der Waals surface area contributed by atoms with Crippen molar-refractivity contribution >= 4 is 123 Å². The minimum atomic E-state index is -0.552. The molecular weight excluding hydrogens is 1460 g/mol. The van der Waals surface area contributed by atoms with Crippen LogP contribution in [0.25, 0.3) is 55.2 Å². The Bertz CT molecular complexity index is 4450. The molecule has 504 valence electrons. The molecule has 5 aliphatic rings. The molecule has 3 amide bonds. The first-order chi connectivity index (χ1) is 46.2. The van der Waals surface area contributed by atoms with Gasteiger partial charge in [0, 0.05) is 70.1 Å². The molecule has 0 radical (unpaired) electrons. The van der Waals surface area contributed by atoms with Gasteiger partial charge < -0.3 is 27.9 Å². The number of hydrogen-bond donors (Lipinski definition) is 3. The zero-order valence-electron chi connectivity index (χ0n) is 57.0. The van der Waals surface area contributed by atoms with E-state index >= 15 is 0 Å². The van der Waals surface area contributed by atoms with Crippen LogP contribution in [0.15, 0.2) is 143 Å². The summed E-state index contributed by atoms with van der Waals surface area (Å²) in [6.07, 6.45) is 16.9. The van der Waals surface area contributed by atoms with Crippen molar-refractivity contribution in [3.8, 4) is 40.7 Å². The first kappa shape index (κ1) is 71.7. The highest BCUT2D eigenvalue weighted by Gasteiger charge is 2.32. The zero-order chi connectivity index (χ0) is 69.5. The molecule has 0 aliphatic heterocycles. The van der Waals surface area contributed by atoms with Gasteiger partial charge in [0.2, 0.25) is 0 Å². The number of fused-ring (bicyclic) bond motifs is 3. The third-order valence-electron chi connectivity index (χ3n) is 17.5. The summed E-state index contributed by atoms with van der Waals surface area (Å²) < 4.78 is 26.0. The van der Waals surface area contributed by atoms with E-state index in [-0.39, 0.29) is 0 Å². The lowest BCUT2D eigenvalue weighted by atomic mass is 9.92. The zero-order valence-corrected chi connectivity index (χ0v) is 62.4. The second-order valence-electron chi connectivity index (χ2n) is 28.8. The molecule has 9 aromatic rings. The predicted molar refractivity (Wildman–Crippen MR) is 404 cm³/mol. The standard InChI is InChI=1S/C27H29N3O2.C24H24BrN3O2.C13H11BrN2.C11H14INO2.C4H8/c1-27(2,3)32-26(31)29-20-12-9-18(10-13-20)25-23(16-28)22-14-11-19(17-7-8-17)15-24(22)30(25)21-5-4-6-21;1-24(2,3)30-23(29)27-17-10-7-15(8-11-17)22-20(14-26)19-12-9-16(25)13-21(19)28(22)18-5-4-6-18;14-10-4-5-12-9(7-15)8-16(13(12)6-10)11-2-1-3-11;1-11(2,3)15-10(14)13-9-6-4-8(12)5-7-9;1-4-2-3-4/h9-15,17,21H,4-8H2,1-3H3,(H,29,31);7-13,18H,4-6H2,1-3H3,(H,27,29);4-6,8,11H,1-3H2;4-7H,1-3H3,(H,13,14);4H,2-3H2,1H3. The van der Waals surface area contributed by atoms with Gasteiger partial charge in [-0.05, 0) is 263 Å². The number of carbonyl (C=O) groups excluding carboxylic acids is 3. The average molecular weight is 1540 g/mol. The maximum absolute atomic E-state index is 12.1. The Hall–Kier alpha value is -8.09. The van der Waals surface area contributed by atoms with Crippen LogP contribution in [-0.4, -0.2) is 48.8 Å². The fourth-order valence-electron chi connectivity index (χ4n) is 11.8. The number of carbonyl (C=O) groups is 3. The van der Waals surface area contributed by atoms with E-state index in [0.29, 0.717) is 41.0 Å². The fraction of sp³-hybridized carbons (Fsp3) is 0.392. The van der Waals surface area contributed by atoms with Crippen molar-refractivity contribution in [2.75, 3.05) is 16.0 Å². The fourth-order valence-corrected chi connectivity index (χ4v) is 12.8. The highest BCUT2D eigenvalue weighted by molar-refractivity contribution is 14.1. The van der Waals surface area contributed by atoms with Crippen molar-refractivity contribution in [3.63, 3.8) is 0 Å². The molecule has 6 aromatic carbocycles. The highest BCUT2D eigenvalue weighted by atomic mass is 127. The summed E-state index contributed by atoms with van der Waals surface area (Å²) in [6, 6.07) is 50.3. The quantitative estimate of drug-likeness (QED) is 0.0928. The number of nitrogens with zero attached hydrogens (tertiary/aromatic N) is 6. The molecule has 0 unspecified atom stereocenters. The number of hydrogen-bond acceptors (Lipinski definition) is 9. The molecule has 0 saturated heterocycles. The van der Waals surface area contributed by atoms with Gasteiger partial charge in [-0.15, -0.1) is 0 Å². The molecule has 0 spiro atoms. The lowest BCUT2D eigenvalue weighted by Gasteiger charge is -2.30. The van der Waals surface area contributed by atoms with Crippen molar-refractivity contribution in [1.82, 2.24) is 13.7 Å². The normalized spacial score (nSPS) is 15.2. The molecule has 97 heavy (non-hydrogen) atoms. The minimum absolute atomic E-state index is 0.401. The van der Waals surface area contributed by atoms with E-state index < -0.39 is 35.1 Å². The summed E-state index contributed by atoms with van der Waals surface area (Å²) in [5.74, 6) is 1.76. The van der Waals surface area contributed by atoms with E-state index in [0.717, 1.165) is 105 Å². The highest BCUT2D eigenvalue weighted by Crippen LogP contribution is 2.47. The summed E-state index contributed by atoms with van der Waals surface area (Å²) in [4.78, 5) is 35.5. The molecule has 18 heteroatoms. The van der Waals surface area contributed by atoms with Gasteiger partial charge in [0.05, 0.1) is 44.6 Å². The molecule has 3 N–H and O–H groups in total. The summed E-state index contributed by atoms with van der Waals surface area (Å²) in [7, 11) is 0. The molecule has 3 heterocycles. The Morgan fingerprint density at radius 2 is 0.845 bits per heavy atom. The van der Waals surface area contributed by atoms with Crippen molar-refractivity contribution in [2.45, 2.75) is 194 Å². The minimum Gasteiger partial charge on any atom is -0.444 e. The van der Waals surface area contributed by atoms with Crippen LogP contribution in [0.1, 0.15) is 199 Å². The lowest BCUT2D eigenvalue weighted by Crippen LogP contribution is -2.27. The largest absolute Gasteiger partial charge is 0.444 e. The first-order valence-electron chi connectivity index (χ1n) is 33.6. The molecular formula is C79H86Br2IN9O6. The number of nitriles is 3. The van der Waals surface area contributed by atoms with Gasteiger partial charge in [-0.2, -0.15) is 15.8 Å². The Morgan fingerprint density at radius 1 is 0.474 bits per heavy atom. The maximum atomic E-state index is 12.1. The van der Waals surface area contributed by atoms with Crippen molar-refractivity contribution < 1.29 is 28.6 Å². The van der Waals surface area contributed by atoms with Gasteiger partial charge in [0.1, 0.15) is 35.0 Å². The monoisotopic (exact) mass is 1540 g/mol. The van der Waals surface area contributed by atoms with Crippen LogP contribution in [0.5, 0.6) is 0 Å². The van der Waals surface area contributed by atoms with E-state index in [4.69, 9.17) is 19.5 Å². The maximum Gasteiger partial charge on any atom is 0.412 e. The second kappa shape index (κ2) is 30.8. The van der Waals surface area contributed by atoms with Gasteiger partial charge in [-0.3, -0.25) is 16.0 Å². The SMILES string of the molecule is CC(C)(C)OC(=O)Nc1ccc(-c2c(C#N)c3ccc(Br)cc3n2C2CCC2)cc1.CC(C)(C)OC(=O)Nc1ccc(-c2c(C#N)c3ccc(C4CC4)cc3n2C2CCC2)cc1.CC(C)(C)OC(=O)Nc1ccc(I)cc1.CC1CC1.N#Cc1cn(C2CCC2)c2cc(Br)ccc12. The third-order valence-corrected chi connectivity index (χ3v) is 19.2. The number of amides is 3. The Labute approximate surface area is 600 Å². The molecule has 5 fully saturated rings. The van der Waals surface area contributed by atoms with E-state index in [9.17, 15) is 24.9 Å². The molecule has 5 aliphatic carbocycles. The van der Waals surface area contributed by atoms with Crippen LogP contribution in [0.2, 0.25) is 0 Å². The van der Waals surface area contributed by atoms with E-state index in [2.05, 4.69) is 140 Å². The van der Waals surface area contributed by atoms with Crippen LogP contribution in [0, 0.1) is 43.5 Å².